The molecule has 0 spiro atoms. The predicted octanol–water partition coefficient (Wildman–Crippen LogP) is 4.39. The van der Waals surface area contributed by atoms with Crippen LogP contribution in [0.5, 0.6) is 0 Å². The molecule has 2 aromatic heterocycles. The minimum Gasteiger partial charge on any atom is -0.456 e. The first-order valence-corrected chi connectivity index (χ1v) is 11.6. The topological polar surface area (TPSA) is 102 Å². The third-order valence-corrected chi connectivity index (χ3v) is 6.46. The fourth-order valence-electron chi connectivity index (χ4n) is 4.55. The van der Waals surface area contributed by atoms with Crippen molar-refractivity contribution in [3.05, 3.63) is 65.1 Å². The molecule has 34 heavy (non-hydrogen) atoms. The molecule has 3 aromatic rings. The van der Waals surface area contributed by atoms with E-state index >= 15 is 0 Å². The molecule has 8 nitrogen and oxygen atoms in total. The van der Waals surface area contributed by atoms with Crippen molar-refractivity contribution in [1.29, 1.82) is 5.26 Å². The summed E-state index contributed by atoms with van der Waals surface area (Å²) < 4.78 is 9.02. The van der Waals surface area contributed by atoms with Crippen molar-refractivity contribution in [3.63, 3.8) is 0 Å². The molecule has 1 saturated carbocycles. The molecule has 0 saturated heterocycles. The quantitative estimate of drug-likeness (QED) is 0.503. The van der Waals surface area contributed by atoms with Gasteiger partial charge in [-0.05, 0) is 56.4 Å². The van der Waals surface area contributed by atoms with Crippen LogP contribution in [0.25, 0.3) is 5.69 Å². The lowest BCUT2D eigenvalue weighted by molar-refractivity contribution is -0.147. The number of para-hydroxylation sites is 1. The summed E-state index contributed by atoms with van der Waals surface area (Å²) in [5, 5.41) is 16.8. The average molecular weight is 460 g/mol. The van der Waals surface area contributed by atoms with Crippen molar-refractivity contribution in [2.45, 2.75) is 58.4 Å². The zero-order chi connectivity index (χ0) is 24.1. The van der Waals surface area contributed by atoms with E-state index in [2.05, 4.69) is 21.1 Å². The molecule has 1 aliphatic carbocycles. The Morgan fingerprint density at radius 1 is 1.21 bits per heavy atom. The monoisotopic (exact) mass is 459 g/mol. The number of nitriles is 1. The molecule has 1 amide bonds. The Morgan fingerprint density at radius 2 is 1.94 bits per heavy atom. The zero-order valence-corrected chi connectivity index (χ0v) is 19.6. The summed E-state index contributed by atoms with van der Waals surface area (Å²) >= 11 is 0. The largest absolute Gasteiger partial charge is 0.456 e. The molecule has 0 bridgehead atoms. The summed E-state index contributed by atoms with van der Waals surface area (Å²) in [6, 6.07) is 12.2. The van der Waals surface area contributed by atoms with Gasteiger partial charge in [-0.25, -0.2) is 4.68 Å². The molecule has 0 unspecified atom stereocenters. The highest BCUT2D eigenvalue weighted by Crippen LogP contribution is 2.37. The Kier molecular flexibility index (Phi) is 7.12. The van der Waals surface area contributed by atoms with Gasteiger partial charge in [0.2, 0.25) is 0 Å². The van der Waals surface area contributed by atoms with Crippen LogP contribution in [0.4, 0.5) is 5.82 Å². The lowest BCUT2D eigenvalue weighted by atomic mass is 10.2. The second kappa shape index (κ2) is 10.4. The Balaban J connectivity index is 1.31. The number of aryl methyl sites for hydroxylation is 1. The van der Waals surface area contributed by atoms with Crippen LogP contribution >= 0.6 is 0 Å². The highest BCUT2D eigenvalue weighted by atomic mass is 16.5. The van der Waals surface area contributed by atoms with E-state index in [1.807, 2.05) is 50.4 Å². The van der Waals surface area contributed by atoms with Gasteiger partial charge in [-0.2, -0.15) is 10.4 Å². The third-order valence-electron chi connectivity index (χ3n) is 6.46. The molecule has 1 fully saturated rings. The maximum Gasteiger partial charge on any atom is 0.306 e. The van der Waals surface area contributed by atoms with Gasteiger partial charge in [-0.1, -0.05) is 31.0 Å². The molecule has 4 rings (SSSR count). The molecule has 1 N–H and O–H groups in total. The Morgan fingerprint density at radius 3 is 2.65 bits per heavy atom. The van der Waals surface area contributed by atoms with Gasteiger partial charge in [-0.15, -0.1) is 0 Å². The van der Waals surface area contributed by atoms with Crippen LogP contribution in [-0.2, 0) is 20.7 Å². The van der Waals surface area contributed by atoms with Gasteiger partial charge in [0.05, 0.1) is 17.4 Å². The van der Waals surface area contributed by atoms with Gasteiger partial charge in [0, 0.05) is 24.4 Å². The highest BCUT2D eigenvalue weighted by molar-refractivity contribution is 5.93. The average Bonchev–Trinajstić information content (AvgIpc) is 3.58. The Bertz CT molecular complexity index is 1210. The van der Waals surface area contributed by atoms with Crippen LogP contribution in [-0.4, -0.2) is 32.8 Å². The van der Waals surface area contributed by atoms with E-state index in [1.54, 1.807) is 10.9 Å². The minimum absolute atomic E-state index is 0.147. The molecule has 1 aromatic carbocycles. The normalized spacial score (nSPS) is 13.6. The summed E-state index contributed by atoms with van der Waals surface area (Å²) in [6.07, 6.45) is 8.54. The van der Waals surface area contributed by atoms with Crippen LogP contribution in [0.2, 0.25) is 0 Å². The molecule has 1 aliphatic rings. The fraction of sp³-hybridized carbons (Fsp3) is 0.385. The number of anilines is 1. The maximum atomic E-state index is 12.6. The number of ether oxygens (including phenoxy) is 1. The fourth-order valence-corrected chi connectivity index (χ4v) is 4.55. The molecule has 0 atom stereocenters. The first-order chi connectivity index (χ1) is 16.5. The minimum atomic E-state index is -0.457. The SMILES string of the molecule is Cc1c(C#N)c(NC(=O)COC(=O)CCc2cnn(-c3ccccc3)c2)n(C2CCCC2)c1C. The highest BCUT2D eigenvalue weighted by Gasteiger charge is 2.26. The number of rotatable bonds is 8. The van der Waals surface area contributed by atoms with Crippen LogP contribution in [0.3, 0.4) is 0 Å². The molecule has 2 heterocycles. The number of amides is 1. The Labute approximate surface area is 199 Å². The van der Waals surface area contributed by atoms with E-state index in [-0.39, 0.29) is 19.1 Å². The molecule has 0 radical (unpaired) electrons. The summed E-state index contributed by atoms with van der Waals surface area (Å²) in [7, 11) is 0. The van der Waals surface area contributed by atoms with Crippen molar-refractivity contribution in [2.75, 3.05) is 11.9 Å². The van der Waals surface area contributed by atoms with E-state index in [9.17, 15) is 14.9 Å². The zero-order valence-electron chi connectivity index (χ0n) is 19.6. The smallest absolute Gasteiger partial charge is 0.306 e. The van der Waals surface area contributed by atoms with Crippen molar-refractivity contribution in [3.8, 4) is 11.8 Å². The summed E-state index contributed by atoms with van der Waals surface area (Å²) in [5.41, 5.74) is 4.19. The molecular weight excluding hydrogens is 430 g/mol. The van der Waals surface area contributed by atoms with Crippen LogP contribution in [0, 0.1) is 25.2 Å². The lowest BCUT2D eigenvalue weighted by Crippen LogP contribution is -2.24. The standard InChI is InChI=1S/C26H29N5O3/c1-18-19(2)31(22-10-6-7-11-22)26(23(18)14-27)29-24(32)17-34-25(33)13-12-20-15-28-30(16-20)21-8-4-3-5-9-21/h3-5,8-9,15-16,22H,6-7,10-13,17H2,1-2H3,(H,29,32). The van der Waals surface area contributed by atoms with Crippen molar-refractivity contribution in [2.24, 2.45) is 0 Å². The number of hydrogen-bond acceptors (Lipinski definition) is 5. The van der Waals surface area contributed by atoms with Crippen LogP contribution in [0.1, 0.15) is 60.5 Å². The van der Waals surface area contributed by atoms with Gasteiger partial charge in [-0.3, -0.25) is 9.59 Å². The molecule has 0 aliphatic heterocycles. The number of aromatic nitrogens is 3. The number of esters is 1. The number of hydrogen-bond donors (Lipinski definition) is 1. The number of carbonyl (C=O) groups is 2. The molecule has 8 heteroatoms. The number of nitrogens with zero attached hydrogens (tertiary/aromatic N) is 4. The number of carbonyl (C=O) groups excluding carboxylic acids is 2. The number of nitrogens with one attached hydrogen (secondary N) is 1. The van der Waals surface area contributed by atoms with Gasteiger partial charge < -0.3 is 14.6 Å². The maximum absolute atomic E-state index is 12.6. The molecular formula is C26H29N5O3. The number of benzene rings is 1. The van der Waals surface area contributed by atoms with Crippen molar-refractivity contribution >= 4 is 17.7 Å². The summed E-state index contributed by atoms with van der Waals surface area (Å²) in [6.45, 7) is 3.49. The van der Waals surface area contributed by atoms with E-state index in [0.717, 1.165) is 48.2 Å². The van der Waals surface area contributed by atoms with Gasteiger partial charge >= 0.3 is 5.97 Å². The first-order valence-electron chi connectivity index (χ1n) is 11.6. The van der Waals surface area contributed by atoms with Gasteiger partial charge in [0.25, 0.3) is 5.91 Å². The predicted molar refractivity (Wildman–Crippen MR) is 128 cm³/mol. The van der Waals surface area contributed by atoms with E-state index in [4.69, 9.17) is 4.74 Å². The van der Waals surface area contributed by atoms with E-state index in [0.29, 0.717) is 17.8 Å². The van der Waals surface area contributed by atoms with Crippen LogP contribution < -0.4 is 5.32 Å². The second-order valence-corrected chi connectivity index (χ2v) is 8.69. The second-order valence-electron chi connectivity index (χ2n) is 8.69. The summed E-state index contributed by atoms with van der Waals surface area (Å²) in [5.74, 6) is -0.390. The Hall–Kier alpha value is -3.86. The van der Waals surface area contributed by atoms with Crippen molar-refractivity contribution < 1.29 is 14.3 Å². The van der Waals surface area contributed by atoms with E-state index in [1.165, 1.54) is 0 Å². The van der Waals surface area contributed by atoms with Crippen LogP contribution in [0.15, 0.2) is 42.7 Å². The van der Waals surface area contributed by atoms with Gasteiger partial charge in [0.15, 0.2) is 6.61 Å². The van der Waals surface area contributed by atoms with Gasteiger partial charge in [0.1, 0.15) is 11.9 Å². The van der Waals surface area contributed by atoms with E-state index < -0.39 is 11.9 Å². The molecule has 176 valence electrons. The lowest BCUT2D eigenvalue weighted by Gasteiger charge is -2.19. The summed E-state index contributed by atoms with van der Waals surface area (Å²) in [4.78, 5) is 24.8. The van der Waals surface area contributed by atoms with Crippen molar-refractivity contribution in [1.82, 2.24) is 14.3 Å². The third kappa shape index (κ3) is 5.04. The first kappa shape index (κ1) is 23.3.